The van der Waals surface area contributed by atoms with Crippen molar-refractivity contribution in [1.29, 1.82) is 0 Å². The molecule has 0 spiro atoms. The Labute approximate surface area is 95.6 Å². The Morgan fingerprint density at radius 1 is 1.67 bits per heavy atom. The van der Waals surface area contributed by atoms with Crippen molar-refractivity contribution in [3.05, 3.63) is 28.2 Å². The molecule has 0 N–H and O–H groups in total. The Balaban J connectivity index is 2.57. The standard InChI is InChI=1S/C10H8ClNO2S/c1-2-14-10(13)6-5-15-9-8(6)7(11)3-4-12-9/h3-5H,2H2,1H3. The fraction of sp³-hybridized carbons (Fsp3) is 0.200. The van der Waals surface area contributed by atoms with Gasteiger partial charge in [0.1, 0.15) is 4.83 Å². The minimum Gasteiger partial charge on any atom is -0.462 e. The van der Waals surface area contributed by atoms with Crippen molar-refractivity contribution < 1.29 is 9.53 Å². The molecule has 0 saturated carbocycles. The molecular weight excluding hydrogens is 234 g/mol. The summed E-state index contributed by atoms with van der Waals surface area (Å²) in [6.45, 7) is 2.13. The highest BCUT2D eigenvalue weighted by Crippen LogP contribution is 2.30. The van der Waals surface area contributed by atoms with Crippen molar-refractivity contribution in [2.45, 2.75) is 6.92 Å². The van der Waals surface area contributed by atoms with Crippen LogP contribution in [0.1, 0.15) is 17.3 Å². The highest BCUT2D eigenvalue weighted by Gasteiger charge is 2.15. The van der Waals surface area contributed by atoms with Crippen LogP contribution in [-0.4, -0.2) is 17.6 Å². The summed E-state index contributed by atoms with van der Waals surface area (Å²) in [6, 6.07) is 1.67. The van der Waals surface area contributed by atoms with Crippen molar-refractivity contribution in [3.63, 3.8) is 0 Å². The average molecular weight is 242 g/mol. The largest absolute Gasteiger partial charge is 0.462 e. The Hall–Kier alpha value is -1.13. The third-order valence-electron chi connectivity index (χ3n) is 1.92. The molecule has 0 fully saturated rings. The maximum atomic E-state index is 11.6. The molecule has 0 aliphatic rings. The van der Waals surface area contributed by atoms with E-state index in [-0.39, 0.29) is 5.97 Å². The second-order valence-electron chi connectivity index (χ2n) is 2.84. The highest BCUT2D eigenvalue weighted by atomic mass is 35.5. The monoisotopic (exact) mass is 241 g/mol. The molecule has 0 bridgehead atoms. The summed E-state index contributed by atoms with van der Waals surface area (Å²) >= 11 is 7.39. The van der Waals surface area contributed by atoms with Gasteiger partial charge in [-0.2, -0.15) is 0 Å². The third-order valence-corrected chi connectivity index (χ3v) is 3.12. The number of aromatic nitrogens is 1. The first kappa shape index (κ1) is 10.4. The first-order valence-electron chi connectivity index (χ1n) is 4.43. The van der Waals surface area contributed by atoms with E-state index in [1.807, 2.05) is 0 Å². The molecule has 0 atom stereocenters. The second kappa shape index (κ2) is 4.16. The number of thiophene rings is 1. The lowest BCUT2D eigenvalue weighted by Gasteiger charge is -2.00. The molecule has 0 aromatic carbocycles. The SMILES string of the molecule is CCOC(=O)c1csc2nccc(Cl)c12. The normalized spacial score (nSPS) is 10.5. The van der Waals surface area contributed by atoms with Crippen LogP contribution in [0.4, 0.5) is 0 Å². The van der Waals surface area contributed by atoms with E-state index in [2.05, 4.69) is 4.98 Å². The number of hydrogen-bond acceptors (Lipinski definition) is 4. The van der Waals surface area contributed by atoms with Crippen molar-refractivity contribution in [1.82, 2.24) is 4.98 Å². The summed E-state index contributed by atoms with van der Waals surface area (Å²) in [5.41, 5.74) is 0.495. The topological polar surface area (TPSA) is 39.2 Å². The van der Waals surface area contributed by atoms with Gasteiger partial charge in [-0.1, -0.05) is 11.6 Å². The van der Waals surface area contributed by atoms with Gasteiger partial charge in [0.05, 0.1) is 17.2 Å². The molecule has 0 amide bonds. The van der Waals surface area contributed by atoms with E-state index in [0.29, 0.717) is 22.6 Å². The number of nitrogens with zero attached hydrogens (tertiary/aromatic N) is 1. The summed E-state index contributed by atoms with van der Waals surface area (Å²) in [4.78, 5) is 16.5. The molecule has 0 saturated heterocycles. The van der Waals surface area contributed by atoms with E-state index in [1.54, 1.807) is 24.6 Å². The van der Waals surface area contributed by atoms with Crippen LogP contribution < -0.4 is 0 Å². The van der Waals surface area contributed by atoms with E-state index < -0.39 is 0 Å². The van der Waals surface area contributed by atoms with Gasteiger partial charge in [0, 0.05) is 17.0 Å². The molecule has 2 aromatic rings. The molecule has 2 rings (SSSR count). The minimum atomic E-state index is -0.348. The van der Waals surface area contributed by atoms with E-state index in [0.717, 1.165) is 4.83 Å². The fourth-order valence-corrected chi connectivity index (χ4v) is 2.49. The Morgan fingerprint density at radius 3 is 3.20 bits per heavy atom. The molecule has 0 unspecified atom stereocenters. The van der Waals surface area contributed by atoms with Crippen molar-refractivity contribution in [2.75, 3.05) is 6.61 Å². The molecule has 0 aliphatic heterocycles. The van der Waals surface area contributed by atoms with Gasteiger partial charge in [0.2, 0.25) is 0 Å². The summed E-state index contributed by atoms with van der Waals surface area (Å²) in [5, 5.41) is 2.94. The average Bonchev–Trinajstić information content (AvgIpc) is 2.63. The number of hydrogen-bond donors (Lipinski definition) is 0. The minimum absolute atomic E-state index is 0.348. The van der Waals surface area contributed by atoms with Gasteiger partial charge in [-0.25, -0.2) is 9.78 Å². The number of esters is 1. The van der Waals surface area contributed by atoms with E-state index in [4.69, 9.17) is 16.3 Å². The number of halogens is 1. The van der Waals surface area contributed by atoms with Gasteiger partial charge in [0.25, 0.3) is 0 Å². The summed E-state index contributed by atoms with van der Waals surface area (Å²) < 4.78 is 4.93. The molecule has 0 aliphatic carbocycles. The highest BCUT2D eigenvalue weighted by molar-refractivity contribution is 7.17. The predicted molar refractivity (Wildman–Crippen MR) is 60.6 cm³/mol. The zero-order valence-corrected chi connectivity index (χ0v) is 9.56. The number of fused-ring (bicyclic) bond motifs is 1. The van der Waals surface area contributed by atoms with Gasteiger partial charge in [0.15, 0.2) is 0 Å². The zero-order valence-electron chi connectivity index (χ0n) is 7.99. The Morgan fingerprint density at radius 2 is 2.47 bits per heavy atom. The molecule has 3 nitrogen and oxygen atoms in total. The number of ether oxygens (including phenoxy) is 1. The predicted octanol–water partition coefficient (Wildman–Crippen LogP) is 3.13. The van der Waals surface area contributed by atoms with Crippen LogP contribution in [0.25, 0.3) is 10.2 Å². The maximum Gasteiger partial charge on any atom is 0.339 e. The lowest BCUT2D eigenvalue weighted by molar-refractivity contribution is 0.0529. The molecule has 2 heterocycles. The van der Waals surface area contributed by atoms with Crippen LogP contribution >= 0.6 is 22.9 Å². The molecule has 5 heteroatoms. The number of carbonyl (C=O) groups excluding carboxylic acids is 1. The zero-order chi connectivity index (χ0) is 10.8. The molecule has 0 radical (unpaired) electrons. The number of carbonyl (C=O) groups is 1. The Bertz CT molecular complexity index is 509. The maximum absolute atomic E-state index is 11.6. The third kappa shape index (κ3) is 1.82. The van der Waals surface area contributed by atoms with E-state index >= 15 is 0 Å². The van der Waals surface area contributed by atoms with Gasteiger partial charge in [-0.15, -0.1) is 11.3 Å². The lowest BCUT2D eigenvalue weighted by atomic mass is 10.2. The second-order valence-corrected chi connectivity index (χ2v) is 4.11. The van der Waals surface area contributed by atoms with E-state index in [1.165, 1.54) is 11.3 Å². The van der Waals surface area contributed by atoms with E-state index in [9.17, 15) is 4.79 Å². The van der Waals surface area contributed by atoms with Gasteiger partial charge >= 0.3 is 5.97 Å². The van der Waals surface area contributed by atoms with Crippen molar-refractivity contribution >= 4 is 39.1 Å². The number of pyridine rings is 1. The van der Waals surface area contributed by atoms with Crippen LogP contribution in [0.15, 0.2) is 17.6 Å². The van der Waals surface area contributed by atoms with Gasteiger partial charge < -0.3 is 4.74 Å². The molecular formula is C10H8ClNO2S. The van der Waals surface area contributed by atoms with Crippen LogP contribution in [-0.2, 0) is 4.74 Å². The molecule has 2 aromatic heterocycles. The van der Waals surface area contributed by atoms with Gasteiger partial charge in [-0.3, -0.25) is 0 Å². The first-order valence-corrected chi connectivity index (χ1v) is 5.68. The van der Waals surface area contributed by atoms with Gasteiger partial charge in [-0.05, 0) is 13.0 Å². The number of rotatable bonds is 2. The van der Waals surface area contributed by atoms with Crippen molar-refractivity contribution in [2.24, 2.45) is 0 Å². The van der Waals surface area contributed by atoms with Crippen LogP contribution in [0.2, 0.25) is 5.02 Å². The van der Waals surface area contributed by atoms with Crippen LogP contribution in [0, 0.1) is 0 Å². The Kier molecular flexibility index (Phi) is 2.88. The molecule has 78 valence electrons. The summed E-state index contributed by atoms with van der Waals surface area (Å²) in [6.07, 6.45) is 1.62. The first-order chi connectivity index (χ1) is 7.24. The summed E-state index contributed by atoms with van der Waals surface area (Å²) in [7, 11) is 0. The lowest BCUT2D eigenvalue weighted by Crippen LogP contribution is -2.03. The van der Waals surface area contributed by atoms with Crippen LogP contribution in [0.5, 0.6) is 0 Å². The quantitative estimate of drug-likeness (QED) is 0.759. The fourth-order valence-electron chi connectivity index (χ4n) is 1.29. The van der Waals surface area contributed by atoms with Crippen LogP contribution in [0.3, 0.4) is 0 Å². The summed E-state index contributed by atoms with van der Waals surface area (Å²) in [5.74, 6) is -0.348. The van der Waals surface area contributed by atoms with Crippen molar-refractivity contribution in [3.8, 4) is 0 Å². The smallest absolute Gasteiger partial charge is 0.339 e. The molecule has 15 heavy (non-hydrogen) atoms.